The molecule has 0 saturated carbocycles. The third-order valence-corrected chi connectivity index (χ3v) is 4.11. The lowest BCUT2D eigenvalue weighted by Crippen LogP contribution is -2.45. The molecule has 0 spiro atoms. The lowest BCUT2D eigenvalue weighted by molar-refractivity contribution is -0.123. The first-order valence-corrected chi connectivity index (χ1v) is 8.21. The average Bonchev–Trinajstić information content (AvgIpc) is 2.76. The van der Waals surface area contributed by atoms with Crippen molar-refractivity contribution in [2.75, 3.05) is 26.7 Å². The number of carbonyl (C=O) groups is 1. The molecule has 0 aromatic carbocycles. The molecule has 0 radical (unpaired) electrons. The monoisotopic (exact) mass is 283 g/mol. The van der Waals surface area contributed by atoms with Crippen molar-refractivity contribution in [1.82, 2.24) is 15.5 Å². The Kier molecular flexibility index (Phi) is 8.15. The summed E-state index contributed by atoms with van der Waals surface area (Å²) < 4.78 is 0. The molecule has 1 aliphatic rings. The Balaban J connectivity index is 2.21. The summed E-state index contributed by atoms with van der Waals surface area (Å²) in [5, 5.41) is 6.36. The number of hydrogen-bond donors (Lipinski definition) is 2. The molecule has 0 aromatic heterocycles. The predicted octanol–water partition coefficient (Wildman–Crippen LogP) is 2.00. The zero-order valence-electron chi connectivity index (χ0n) is 13.7. The van der Waals surface area contributed by atoms with Crippen LogP contribution in [0.3, 0.4) is 0 Å². The van der Waals surface area contributed by atoms with Gasteiger partial charge in [0.15, 0.2) is 0 Å². The van der Waals surface area contributed by atoms with Crippen molar-refractivity contribution in [3.63, 3.8) is 0 Å². The minimum Gasteiger partial charge on any atom is -0.353 e. The Labute approximate surface area is 124 Å². The summed E-state index contributed by atoms with van der Waals surface area (Å²) in [4.78, 5) is 14.4. The number of nitrogens with zero attached hydrogens (tertiary/aromatic N) is 1. The highest BCUT2D eigenvalue weighted by Gasteiger charge is 2.25. The van der Waals surface area contributed by atoms with E-state index in [1.165, 1.54) is 25.7 Å². The minimum absolute atomic E-state index is 0.185. The number of hydrogen-bond acceptors (Lipinski definition) is 3. The summed E-state index contributed by atoms with van der Waals surface area (Å²) in [7, 11) is 1.98. The normalized spacial score (nSPS) is 21.4. The van der Waals surface area contributed by atoms with Gasteiger partial charge in [-0.3, -0.25) is 9.69 Å². The Bertz CT molecular complexity index is 281. The van der Waals surface area contributed by atoms with Gasteiger partial charge in [0.25, 0.3) is 0 Å². The summed E-state index contributed by atoms with van der Waals surface area (Å²) in [5.74, 6) is 0.940. The molecular formula is C16H33N3O. The summed E-state index contributed by atoms with van der Waals surface area (Å²) in [6, 6.07) is 0.827. The van der Waals surface area contributed by atoms with Crippen LogP contribution in [0.1, 0.15) is 52.9 Å². The van der Waals surface area contributed by atoms with E-state index in [1.807, 2.05) is 7.05 Å². The van der Waals surface area contributed by atoms with Crippen LogP contribution < -0.4 is 10.6 Å². The van der Waals surface area contributed by atoms with Crippen molar-refractivity contribution in [2.24, 2.45) is 5.92 Å². The second-order valence-corrected chi connectivity index (χ2v) is 6.62. The highest BCUT2D eigenvalue weighted by molar-refractivity contribution is 5.78. The van der Waals surface area contributed by atoms with Gasteiger partial charge in [-0.15, -0.1) is 0 Å². The lowest BCUT2D eigenvalue weighted by atomic mass is 10.0. The maximum Gasteiger partial charge on any atom is 0.234 e. The largest absolute Gasteiger partial charge is 0.353 e. The van der Waals surface area contributed by atoms with Crippen LogP contribution in [0.2, 0.25) is 0 Å². The summed E-state index contributed by atoms with van der Waals surface area (Å²) in [6.45, 7) is 9.21. The van der Waals surface area contributed by atoms with Gasteiger partial charge in [-0.05, 0) is 45.7 Å². The van der Waals surface area contributed by atoms with E-state index >= 15 is 0 Å². The molecule has 1 saturated heterocycles. The molecule has 2 N–H and O–H groups in total. The fourth-order valence-electron chi connectivity index (χ4n) is 2.98. The number of rotatable bonds is 9. The molecule has 1 rings (SSSR count). The van der Waals surface area contributed by atoms with Gasteiger partial charge in [-0.1, -0.05) is 26.7 Å². The molecular weight excluding hydrogens is 250 g/mol. The van der Waals surface area contributed by atoms with Gasteiger partial charge in [0.2, 0.25) is 5.91 Å². The van der Waals surface area contributed by atoms with Crippen molar-refractivity contribution in [3.05, 3.63) is 0 Å². The Morgan fingerprint density at radius 3 is 2.70 bits per heavy atom. The van der Waals surface area contributed by atoms with Gasteiger partial charge >= 0.3 is 0 Å². The van der Waals surface area contributed by atoms with E-state index in [0.29, 0.717) is 18.6 Å². The first-order chi connectivity index (χ1) is 9.52. The number of likely N-dealkylation sites (N-methyl/N-ethyl adjacent to an activating group) is 1. The van der Waals surface area contributed by atoms with E-state index in [0.717, 1.165) is 25.4 Å². The Morgan fingerprint density at radius 2 is 2.05 bits per heavy atom. The van der Waals surface area contributed by atoms with Gasteiger partial charge in [0.1, 0.15) is 0 Å². The van der Waals surface area contributed by atoms with Crippen LogP contribution in [-0.4, -0.2) is 49.6 Å². The van der Waals surface area contributed by atoms with E-state index in [9.17, 15) is 4.79 Å². The minimum atomic E-state index is 0.185. The molecule has 1 aliphatic heterocycles. The number of nitrogens with one attached hydrogen (secondary N) is 2. The molecule has 2 unspecified atom stereocenters. The summed E-state index contributed by atoms with van der Waals surface area (Å²) in [6.07, 6.45) is 5.95. The van der Waals surface area contributed by atoms with Crippen molar-refractivity contribution in [3.8, 4) is 0 Å². The van der Waals surface area contributed by atoms with Gasteiger partial charge in [0, 0.05) is 18.6 Å². The third kappa shape index (κ3) is 6.71. The zero-order chi connectivity index (χ0) is 15.0. The second-order valence-electron chi connectivity index (χ2n) is 6.62. The molecule has 1 heterocycles. The molecule has 118 valence electrons. The van der Waals surface area contributed by atoms with Crippen LogP contribution in [-0.2, 0) is 4.79 Å². The Hall–Kier alpha value is -0.610. The quantitative estimate of drug-likeness (QED) is 0.680. The van der Waals surface area contributed by atoms with Crippen molar-refractivity contribution in [1.29, 1.82) is 0 Å². The molecule has 1 fully saturated rings. The van der Waals surface area contributed by atoms with E-state index in [2.05, 4.69) is 36.3 Å². The molecule has 4 nitrogen and oxygen atoms in total. The van der Waals surface area contributed by atoms with Gasteiger partial charge in [-0.25, -0.2) is 0 Å². The molecule has 1 amide bonds. The topological polar surface area (TPSA) is 44.4 Å². The van der Waals surface area contributed by atoms with Crippen LogP contribution in [0.4, 0.5) is 0 Å². The van der Waals surface area contributed by atoms with Gasteiger partial charge in [0.05, 0.1) is 6.54 Å². The van der Waals surface area contributed by atoms with Gasteiger partial charge < -0.3 is 10.6 Å². The second kappa shape index (κ2) is 9.35. The van der Waals surface area contributed by atoms with Crippen LogP contribution in [0.25, 0.3) is 0 Å². The highest BCUT2D eigenvalue weighted by atomic mass is 16.2. The number of carbonyl (C=O) groups excluding carboxylic acids is 1. The number of amides is 1. The maximum atomic E-state index is 12.1. The van der Waals surface area contributed by atoms with Crippen molar-refractivity contribution < 1.29 is 4.79 Å². The zero-order valence-corrected chi connectivity index (χ0v) is 13.7. The van der Waals surface area contributed by atoms with E-state index in [1.54, 1.807) is 0 Å². The van der Waals surface area contributed by atoms with E-state index in [-0.39, 0.29) is 5.91 Å². The van der Waals surface area contributed by atoms with Crippen LogP contribution in [0.5, 0.6) is 0 Å². The SMILES string of the molecule is CNCC1CCCN1CC(=O)NC(C)CCCC(C)C. The van der Waals surface area contributed by atoms with Gasteiger partial charge in [-0.2, -0.15) is 0 Å². The van der Waals surface area contributed by atoms with Crippen LogP contribution in [0.15, 0.2) is 0 Å². The fourth-order valence-corrected chi connectivity index (χ4v) is 2.98. The smallest absolute Gasteiger partial charge is 0.234 e. The highest BCUT2D eigenvalue weighted by Crippen LogP contribution is 2.15. The van der Waals surface area contributed by atoms with E-state index in [4.69, 9.17) is 0 Å². The average molecular weight is 283 g/mol. The standard InChI is InChI=1S/C16H33N3O/c1-13(2)7-5-8-14(3)18-16(20)12-19-10-6-9-15(19)11-17-4/h13-15,17H,5-12H2,1-4H3,(H,18,20). The molecule has 20 heavy (non-hydrogen) atoms. The fraction of sp³-hybridized carbons (Fsp3) is 0.938. The first kappa shape index (κ1) is 17.4. The molecule has 0 aliphatic carbocycles. The molecule has 0 aromatic rings. The molecule has 0 bridgehead atoms. The van der Waals surface area contributed by atoms with Crippen molar-refractivity contribution >= 4 is 5.91 Å². The number of likely N-dealkylation sites (tertiary alicyclic amines) is 1. The van der Waals surface area contributed by atoms with Crippen molar-refractivity contribution in [2.45, 2.75) is 65.0 Å². The van der Waals surface area contributed by atoms with Crippen LogP contribution >= 0.6 is 0 Å². The summed E-state index contributed by atoms with van der Waals surface area (Å²) >= 11 is 0. The molecule has 2 atom stereocenters. The first-order valence-electron chi connectivity index (χ1n) is 8.21. The Morgan fingerprint density at radius 1 is 1.30 bits per heavy atom. The maximum absolute atomic E-state index is 12.1. The molecule has 4 heteroatoms. The lowest BCUT2D eigenvalue weighted by Gasteiger charge is -2.24. The predicted molar refractivity (Wildman–Crippen MR) is 84.8 cm³/mol. The third-order valence-electron chi connectivity index (χ3n) is 4.11. The van der Waals surface area contributed by atoms with E-state index < -0.39 is 0 Å². The summed E-state index contributed by atoms with van der Waals surface area (Å²) in [5.41, 5.74) is 0. The van der Waals surface area contributed by atoms with Crippen LogP contribution in [0, 0.1) is 5.92 Å².